The van der Waals surface area contributed by atoms with Gasteiger partial charge in [0.1, 0.15) is 10.6 Å². The van der Waals surface area contributed by atoms with Crippen LogP contribution < -0.4 is 14.4 Å². The smallest absolute Gasteiger partial charge is 0.276 e. The van der Waals surface area contributed by atoms with Crippen molar-refractivity contribution in [1.29, 1.82) is 0 Å². The van der Waals surface area contributed by atoms with E-state index in [2.05, 4.69) is 10.3 Å². The van der Waals surface area contributed by atoms with Crippen molar-refractivity contribution in [3.05, 3.63) is 95.1 Å². The quantitative estimate of drug-likeness (QED) is 0.425. The monoisotopic (exact) mass is 521 g/mol. The average molecular weight is 522 g/mol. The first-order valence-corrected chi connectivity index (χ1v) is 12.7. The van der Waals surface area contributed by atoms with E-state index in [-0.39, 0.29) is 38.0 Å². The number of rotatable bonds is 5. The van der Waals surface area contributed by atoms with Crippen LogP contribution in [0.2, 0.25) is 5.02 Å². The zero-order chi connectivity index (χ0) is 25.7. The summed E-state index contributed by atoms with van der Waals surface area (Å²) in [6.45, 7) is 1.25. The summed E-state index contributed by atoms with van der Waals surface area (Å²) in [4.78, 5) is 31.0. The Morgan fingerprint density at radius 3 is 2.53 bits per heavy atom. The van der Waals surface area contributed by atoms with Crippen LogP contribution in [0.4, 0.5) is 5.69 Å². The Labute approximate surface area is 212 Å². The van der Waals surface area contributed by atoms with Crippen LogP contribution in [0.5, 0.6) is 5.75 Å². The zero-order valence-corrected chi connectivity index (χ0v) is 20.8. The van der Waals surface area contributed by atoms with Crippen molar-refractivity contribution in [2.45, 2.75) is 17.4 Å². The molecular formula is C26H20ClN3O5S. The van der Waals surface area contributed by atoms with Gasteiger partial charge in [-0.25, -0.2) is 8.42 Å². The fraction of sp³-hybridized carbons (Fsp3) is 0.115. The molecular weight excluding hydrogens is 502 g/mol. The molecule has 0 fully saturated rings. The molecule has 0 aliphatic carbocycles. The lowest BCUT2D eigenvalue weighted by Crippen LogP contribution is -2.54. The molecule has 36 heavy (non-hydrogen) atoms. The number of aromatic nitrogens is 1. The number of pyridine rings is 1. The summed E-state index contributed by atoms with van der Waals surface area (Å²) in [5.74, 6) is -1.16. The minimum absolute atomic E-state index is 0.0667. The number of carbonyl (C=O) groups excluding carboxylic acids is 2. The number of benzene rings is 3. The first kappa shape index (κ1) is 23.8. The Balaban J connectivity index is 1.84. The summed E-state index contributed by atoms with van der Waals surface area (Å²) in [7, 11) is -3.06. The molecule has 1 unspecified atom stereocenters. The molecule has 1 N–H and O–H groups in total. The van der Waals surface area contributed by atoms with Gasteiger partial charge in [-0.2, -0.15) is 4.31 Å². The van der Waals surface area contributed by atoms with Crippen LogP contribution in [0.25, 0.3) is 10.9 Å². The molecule has 10 heteroatoms. The van der Waals surface area contributed by atoms with Gasteiger partial charge in [0.15, 0.2) is 5.54 Å². The summed E-state index contributed by atoms with van der Waals surface area (Å²) in [6.07, 6.45) is 1.48. The average Bonchev–Trinajstić information content (AvgIpc) is 3.11. The second-order valence-corrected chi connectivity index (χ2v) is 10.4. The molecule has 1 atom stereocenters. The van der Waals surface area contributed by atoms with Crippen molar-refractivity contribution < 1.29 is 22.7 Å². The number of carbonyl (C=O) groups is 2. The number of fused-ring (bicyclic) bond motifs is 2. The van der Waals surface area contributed by atoms with Gasteiger partial charge in [-0.1, -0.05) is 48.0 Å². The van der Waals surface area contributed by atoms with Gasteiger partial charge in [0.25, 0.3) is 15.9 Å². The third-order valence-electron chi connectivity index (χ3n) is 6.08. The van der Waals surface area contributed by atoms with Gasteiger partial charge in [-0.3, -0.25) is 14.6 Å². The molecule has 8 nitrogen and oxygen atoms in total. The van der Waals surface area contributed by atoms with Gasteiger partial charge < -0.3 is 10.1 Å². The molecule has 3 aromatic carbocycles. The van der Waals surface area contributed by atoms with Crippen molar-refractivity contribution in [2.75, 3.05) is 11.4 Å². The molecule has 2 amide bonds. The lowest BCUT2D eigenvalue weighted by Gasteiger charge is -2.31. The Hall–Kier alpha value is -3.95. The Morgan fingerprint density at radius 2 is 1.78 bits per heavy atom. The number of nitrogens with zero attached hydrogens (tertiary/aromatic N) is 2. The van der Waals surface area contributed by atoms with Gasteiger partial charge >= 0.3 is 0 Å². The van der Waals surface area contributed by atoms with Gasteiger partial charge in [-0.05, 0) is 36.4 Å². The highest BCUT2D eigenvalue weighted by Gasteiger charge is 2.58. The van der Waals surface area contributed by atoms with Crippen LogP contribution in [0.15, 0.2) is 83.9 Å². The van der Waals surface area contributed by atoms with Crippen LogP contribution in [0.3, 0.4) is 0 Å². The minimum atomic E-state index is -4.49. The first-order valence-electron chi connectivity index (χ1n) is 10.9. The number of methoxy groups -OCH3 is 1. The molecule has 1 aromatic heterocycles. The number of anilines is 1. The maximum atomic E-state index is 14.4. The Kier molecular flexibility index (Phi) is 5.69. The van der Waals surface area contributed by atoms with E-state index in [4.69, 9.17) is 16.3 Å². The predicted molar refractivity (Wildman–Crippen MR) is 135 cm³/mol. The molecule has 0 saturated heterocycles. The first-order chi connectivity index (χ1) is 17.2. The number of halogens is 1. The van der Waals surface area contributed by atoms with E-state index >= 15 is 0 Å². The van der Waals surface area contributed by atoms with Gasteiger partial charge in [0, 0.05) is 34.7 Å². The molecule has 1 aliphatic rings. The van der Waals surface area contributed by atoms with E-state index in [0.29, 0.717) is 9.69 Å². The molecule has 0 radical (unpaired) electrons. The summed E-state index contributed by atoms with van der Waals surface area (Å²) < 4.78 is 34.5. The summed E-state index contributed by atoms with van der Waals surface area (Å²) in [5, 5.41) is 3.58. The number of hydrogen-bond donors (Lipinski definition) is 1. The second kappa shape index (κ2) is 8.61. The van der Waals surface area contributed by atoms with E-state index in [0.717, 1.165) is 0 Å². The van der Waals surface area contributed by atoms with Crippen LogP contribution in [-0.4, -0.2) is 32.3 Å². The minimum Gasteiger partial charge on any atom is -0.496 e. The number of amides is 2. The lowest BCUT2D eigenvalue weighted by molar-refractivity contribution is -0.128. The van der Waals surface area contributed by atoms with Crippen LogP contribution in [0.1, 0.15) is 18.1 Å². The Morgan fingerprint density at radius 1 is 1.03 bits per heavy atom. The fourth-order valence-corrected chi connectivity index (χ4v) is 6.46. The summed E-state index contributed by atoms with van der Waals surface area (Å²) >= 11 is 6.32. The lowest BCUT2D eigenvalue weighted by atomic mass is 9.83. The van der Waals surface area contributed by atoms with E-state index in [1.807, 2.05) is 0 Å². The van der Waals surface area contributed by atoms with E-state index in [1.165, 1.54) is 44.5 Å². The summed E-state index contributed by atoms with van der Waals surface area (Å²) in [5.41, 5.74) is -1.15. The standard InChI is InChI=1S/C26H20ClN3O5S/c1-16(31)29-26(19-9-3-4-10-22(19)35-2)20-15-18(27)12-13-21(20)30(25(26)32)36(33,34)23-11-5-7-17-8-6-14-28-24(17)23/h3-15H,1-2H3,(H,29,31). The highest BCUT2D eigenvalue weighted by atomic mass is 35.5. The highest BCUT2D eigenvalue weighted by Crippen LogP contribution is 2.50. The number of para-hydroxylation sites is 2. The molecule has 0 bridgehead atoms. The van der Waals surface area contributed by atoms with E-state index in [9.17, 15) is 18.0 Å². The van der Waals surface area contributed by atoms with Crippen molar-refractivity contribution >= 4 is 50.0 Å². The molecule has 0 spiro atoms. The van der Waals surface area contributed by atoms with Crippen LogP contribution >= 0.6 is 11.6 Å². The van der Waals surface area contributed by atoms with Gasteiger partial charge in [0.2, 0.25) is 5.91 Å². The molecule has 182 valence electrons. The van der Waals surface area contributed by atoms with Crippen molar-refractivity contribution in [3.8, 4) is 5.75 Å². The maximum Gasteiger partial charge on any atom is 0.276 e. The number of hydrogen-bond acceptors (Lipinski definition) is 6. The third kappa shape index (κ3) is 3.42. The molecule has 0 saturated carbocycles. The topological polar surface area (TPSA) is 106 Å². The van der Waals surface area contributed by atoms with E-state index in [1.54, 1.807) is 48.5 Å². The van der Waals surface area contributed by atoms with Crippen molar-refractivity contribution in [3.63, 3.8) is 0 Å². The van der Waals surface area contributed by atoms with Crippen molar-refractivity contribution in [1.82, 2.24) is 10.3 Å². The van der Waals surface area contributed by atoms with Crippen molar-refractivity contribution in [2.24, 2.45) is 0 Å². The third-order valence-corrected chi connectivity index (χ3v) is 8.04. The van der Waals surface area contributed by atoms with Crippen LogP contribution in [0, 0.1) is 0 Å². The molecule has 4 aromatic rings. The number of sulfonamides is 1. The summed E-state index contributed by atoms with van der Waals surface area (Å²) in [6, 6.07) is 19.2. The second-order valence-electron chi connectivity index (χ2n) is 8.20. The molecule has 1 aliphatic heterocycles. The molecule has 2 heterocycles. The Bertz CT molecular complexity index is 1650. The maximum absolute atomic E-state index is 14.4. The number of nitrogens with one attached hydrogen (secondary N) is 1. The molecule has 5 rings (SSSR count). The normalized spacial score (nSPS) is 17.2. The SMILES string of the molecule is COc1ccccc1C1(NC(C)=O)C(=O)N(S(=O)(=O)c2cccc3cccnc23)c2ccc(Cl)cc21. The fourth-order valence-electron chi connectivity index (χ4n) is 4.65. The predicted octanol–water partition coefficient (Wildman–Crippen LogP) is 4.01. The largest absolute Gasteiger partial charge is 0.496 e. The van der Waals surface area contributed by atoms with Gasteiger partial charge in [-0.15, -0.1) is 0 Å². The van der Waals surface area contributed by atoms with Crippen LogP contribution in [-0.2, 0) is 25.2 Å². The highest BCUT2D eigenvalue weighted by molar-refractivity contribution is 7.93. The van der Waals surface area contributed by atoms with E-state index < -0.39 is 27.4 Å². The number of ether oxygens (including phenoxy) is 1. The zero-order valence-electron chi connectivity index (χ0n) is 19.2. The van der Waals surface area contributed by atoms with Gasteiger partial charge in [0.05, 0.1) is 18.3 Å².